The summed E-state index contributed by atoms with van der Waals surface area (Å²) in [4.78, 5) is 52.3. The Balaban J connectivity index is 2.62. The minimum Gasteiger partial charge on any atom is -0.324 e. The quantitative estimate of drug-likeness (QED) is 0.394. The lowest BCUT2D eigenvalue weighted by atomic mass is 10.7. The van der Waals surface area contributed by atoms with Gasteiger partial charge in [-0.3, -0.25) is 10.1 Å². The molecule has 3 N–H and O–H groups in total. The van der Waals surface area contributed by atoms with Crippen molar-refractivity contribution in [1.29, 1.82) is 0 Å². The third-order valence-electron chi connectivity index (χ3n) is 1.19. The van der Waals surface area contributed by atoms with Crippen LogP contribution in [-0.2, 0) is 14.2 Å². The van der Waals surface area contributed by atoms with E-state index in [1.165, 1.54) is 0 Å². The first kappa shape index (κ1) is 10.6. The summed E-state index contributed by atoms with van der Waals surface area (Å²) < 4.78 is 10.3. The van der Waals surface area contributed by atoms with Crippen LogP contribution in [0, 0.1) is 0 Å². The lowest BCUT2D eigenvalue weighted by Crippen LogP contribution is -2.30. The van der Waals surface area contributed by atoms with Crippen molar-refractivity contribution in [1.82, 2.24) is 10.4 Å². The van der Waals surface area contributed by atoms with Crippen LogP contribution in [0.25, 0.3) is 0 Å². The topological polar surface area (TPSA) is 133 Å². The Morgan fingerprint density at radius 2 is 2.07 bits per heavy atom. The Labute approximate surface area is 76.7 Å². The van der Waals surface area contributed by atoms with Crippen molar-refractivity contribution in [2.24, 2.45) is 0 Å². The molecule has 9 nitrogen and oxygen atoms in total. The van der Waals surface area contributed by atoms with Crippen LogP contribution >= 0.6 is 7.60 Å². The third kappa shape index (κ3) is 2.28. The van der Waals surface area contributed by atoms with Gasteiger partial charge in [0.25, 0.3) is 5.91 Å². The molecule has 1 fully saturated rings. The van der Waals surface area contributed by atoms with Crippen molar-refractivity contribution in [3.63, 3.8) is 0 Å². The zero-order chi connectivity index (χ0) is 10.9. The molecule has 10 heteroatoms. The standard InChI is InChI=1S/C4H5N2O7P/c7-2-1-6(3(8)5-2)13-4(9)14(10,11)12/h1H2,(H,5,7,8)(H2,10,11,12). The van der Waals surface area contributed by atoms with Gasteiger partial charge in [-0.1, -0.05) is 0 Å². The second-order valence-corrected chi connectivity index (χ2v) is 3.74. The Morgan fingerprint density at radius 3 is 2.43 bits per heavy atom. The number of hydrogen-bond donors (Lipinski definition) is 3. The molecule has 14 heavy (non-hydrogen) atoms. The molecule has 0 aliphatic carbocycles. The smallest absolute Gasteiger partial charge is 0.324 e. The highest BCUT2D eigenvalue weighted by Gasteiger charge is 2.36. The molecule has 0 aromatic heterocycles. The summed E-state index contributed by atoms with van der Waals surface area (Å²) in [7, 11) is -5.05. The molecule has 0 saturated carbocycles. The van der Waals surface area contributed by atoms with Gasteiger partial charge in [-0.15, -0.1) is 5.06 Å². The number of nitrogens with one attached hydrogen (secondary N) is 1. The van der Waals surface area contributed by atoms with Crippen molar-refractivity contribution < 1.29 is 33.6 Å². The maximum absolute atomic E-state index is 10.7. The Kier molecular flexibility index (Phi) is 2.56. The minimum absolute atomic E-state index is 0.226. The molecular weight excluding hydrogens is 219 g/mol. The molecule has 0 aromatic carbocycles. The SMILES string of the molecule is O=C1CN(OC(=O)P(=O)(O)O)C(=O)N1. The Hall–Kier alpha value is -1.44. The molecule has 0 radical (unpaired) electrons. The number of hydroxylamine groups is 2. The first-order valence-electron chi connectivity index (χ1n) is 3.20. The highest BCUT2D eigenvalue weighted by molar-refractivity contribution is 7.69. The molecule has 0 atom stereocenters. The van der Waals surface area contributed by atoms with E-state index in [9.17, 15) is 18.9 Å². The molecule has 1 saturated heterocycles. The van der Waals surface area contributed by atoms with E-state index in [0.717, 1.165) is 0 Å². The number of carbonyl (C=O) groups is 3. The van der Waals surface area contributed by atoms with Gasteiger partial charge >= 0.3 is 19.3 Å². The molecule has 1 heterocycles. The van der Waals surface area contributed by atoms with E-state index in [4.69, 9.17) is 9.79 Å². The third-order valence-corrected chi connectivity index (χ3v) is 1.74. The van der Waals surface area contributed by atoms with Crippen LogP contribution in [0.1, 0.15) is 0 Å². The highest BCUT2D eigenvalue weighted by atomic mass is 31.2. The fourth-order valence-corrected chi connectivity index (χ4v) is 0.849. The van der Waals surface area contributed by atoms with Gasteiger partial charge in [0.1, 0.15) is 6.54 Å². The normalized spacial score (nSPS) is 16.9. The highest BCUT2D eigenvalue weighted by Crippen LogP contribution is 2.37. The molecule has 78 valence electrons. The van der Waals surface area contributed by atoms with Gasteiger partial charge in [0.15, 0.2) is 0 Å². The summed E-state index contributed by atoms with van der Waals surface area (Å²) in [5.41, 5.74) is -1.89. The molecule has 0 bridgehead atoms. The second-order valence-electron chi connectivity index (χ2n) is 2.29. The maximum atomic E-state index is 10.7. The van der Waals surface area contributed by atoms with E-state index in [2.05, 4.69) is 4.84 Å². The van der Waals surface area contributed by atoms with Crippen molar-refractivity contribution in [3.8, 4) is 0 Å². The Morgan fingerprint density at radius 1 is 1.50 bits per heavy atom. The first-order valence-corrected chi connectivity index (χ1v) is 4.81. The largest absolute Gasteiger partial charge is 0.444 e. The van der Waals surface area contributed by atoms with E-state index in [0.29, 0.717) is 0 Å². The monoisotopic (exact) mass is 224 g/mol. The van der Waals surface area contributed by atoms with Crippen LogP contribution in [0.15, 0.2) is 0 Å². The van der Waals surface area contributed by atoms with Crippen molar-refractivity contribution >= 4 is 25.2 Å². The van der Waals surface area contributed by atoms with Crippen LogP contribution in [0.2, 0.25) is 0 Å². The van der Waals surface area contributed by atoms with Crippen molar-refractivity contribution in [2.45, 2.75) is 0 Å². The second kappa shape index (κ2) is 3.37. The number of urea groups is 1. The van der Waals surface area contributed by atoms with Gasteiger partial charge < -0.3 is 14.6 Å². The average molecular weight is 224 g/mol. The van der Waals surface area contributed by atoms with Crippen LogP contribution in [-0.4, -0.2) is 39.0 Å². The van der Waals surface area contributed by atoms with Crippen LogP contribution < -0.4 is 5.32 Å². The Bertz CT molecular complexity index is 346. The zero-order valence-corrected chi connectivity index (χ0v) is 7.43. The molecule has 0 unspecified atom stereocenters. The maximum Gasteiger partial charge on any atom is 0.444 e. The number of imide groups is 1. The first-order chi connectivity index (χ1) is 6.30. The van der Waals surface area contributed by atoms with Crippen LogP contribution in [0.5, 0.6) is 0 Å². The summed E-state index contributed by atoms with van der Waals surface area (Å²) >= 11 is 0. The minimum atomic E-state index is -5.05. The van der Waals surface area contributed by atoms with Gasteiger partial charge in [-0.25, -0.2) is 14.2 Å². The van der Waals surface area contributed by atoms with Gasteiger partial charge in [-0.05, 0) is 0 Å². The number of hydrogen-bond acceptors (Lipinski definition) is 5. The van der Waals surface area contributed by atoms with Gasteiger partial charge in [0, 0.05) is 0 Å². The van der Waals surface area contributed by atoms with E-state index in [1.807, 2.05) is 0 Å². The van der Waals surface area contributed by atoms with Crippen LogP contribution in [0.4, 0.5) is 9.59 Å². The summed E-state index contributed by atoms with van der Waals surface area (Å²) in [6.07, 6.45) is 0. The summed E-state index contributed by atoms with van der Waals surface area (Å²) in [6.45, 7) is -0.579. The number of nitrogens with zero attached hydrogens (tertiary/aromatic N) is 1. The number of amides is 3. The van der Waals surface area contributed by atoms with E-state index < -0.39 is 31.8 Å². The summed E-state index contributed by atoms with van der Waals surface area (Å²) in [5, 5.41) is 1.97. The summed E-state index contributed by atoms with van der Waals surface area (Å²) in [5.74, 6) is -0.728. The molecule has 1 aliphatic heterocycles. The van der Waals surface area contributed by atoms with Gasteiger partial charge in [0.2, 0.25) is 0 Å². The zero-order valence-electron chi connectivity index (χ0n) is 6.54. The van der Waals surface area contributed by atoms with Crippen molar-refractivity contribution in [2.75, 3.05) is 6.54 Å². The van der Waals surface area contributed by atoms with Crippen LogP contribution in [0.3, 0.4) is 0 Å². The molecule has 1 rings (SSSR count). The lowest BCUT2D eigenvalue weighted by molar-refractivity contribution is -0.121. The predicted octanol–water partition coefficient (Wildman–Crippen LogP) is -1.23. The predicted molar refractivity (Wildman–Crippen MR) is 38.8 cm³/mol. The van der Waals surface area contributed by atoms with E-state index >= 15 is 0 Å². The fourth-order valence-electron chi connectivity index (χ4n) is 0.645. The molecule has 0 aromatic rings. The van der Waals surface area contributed by atoms with Gasteiger partial charge in [0.05, 0.1) is 0 Å². The van der Waals surface area contributed by atoms with E-state index in [-0.39, 0.29) is 5.06 Å². The van der Waals surface area contributed by atoms with Gasteiger partial charge in [-0.2, -0.15) is 0 Å². The number of rotatable bonds is 2. The van der Waals surface area contributed by atoms with Crippen molar-refractivity contribution in [3.05, 3.63) is 0 Å². The molecule has 3 amide bonds. The molecule has 1 aliphatic rings. The van der Waals surface area contributed by atoms with E-state index in [1.54, 1.807) is 5.32 Å². The number of carbonyl (C=O) groups excluding carboxylic acids is 3. The average Bonchev–Trinajstić information content (AvgIpc) is 2.28. The molecule has 0 spiro atoms. The fraction of sp³-hybridized carbons (Fsp3) is 0.250. The summed E-state index contributed by atoms with van der Waals surface area (Å²) in [6, 6.07) is -1.04. The molecular formula is C4H5N2O7P. The lowest BCUT2D eigenvalue weighted by Gasteiger charge is -2.11.